The molecular formula is C8H11N3. The normalized spacial score (nSPS) is 15.5. The van der Waals surface area contributed by atoms with E-state index in [9.17, 15) is 0 Å². The van der Waals surface area contributed by atoms with Gasteiger partial charge in [0.05, 0.1) is 5.69 Å². The van der Waals surface area contributed by atoms with E-state index in [1.54, 1.807) is 0 Å². The van der Waals surface area contributed by atoms with E-state index in [0.717, 1.165) is 18.9 Å². The Morgan fingerprint density at radius 2 is 2.55 bits per heavy atom. The molecule has 58 valence electrons. The zero-order chi connectivity index (χ0) is 7.68. The van der Waals surface area contributed by atoms with Crippen LogP contribution >= 0.6 is 0 Å². The largest absolute Gasteiger partial charge is 0.370 e. The Bertz CT molecular complexity index is 259. The number of pyridine rings is 1. The molecule has 0 aliphatic carbocycles. The maximum Gasteiger partial charge on any atom is 0.149 e. The van der Waals surface area contributed by atoms with Crippen molar-refractivity contribution in [1.82, 2.24) is 4.98 Å². The highest BCUT2D eigenvalue weighted by atomic mass is 15.2. The number of hydrogen-bond donors (Lipinski definition) is 1. The highest BCUT2D eigenvalue weighted by Gasteiger charge is 2.11. The molecule has 2 rings (SSSR count). The van der Waals surface area contributed by atoms with Gasteiger partial charge in [-0.1, -0.05) is 0 Å². The van der Waals surface area contributed by atoms with Crippen molar-refractivity contribution < 1.29 is 0 Å². The third-order valence-electron chi connectivity index (χ3n) is 1.94. The van der Waals surface area contributed by atoms with Crippen molar-refractivity contribution in [3.63, 3.8) is 0 Å². The maximum atomic E-state index is 4.22. The summed E-state index contributed by atoms with van der Waals surface area (Å²) in [7, 11) is 2.08. The second kappa shape index (κ2) is 2.42. The molecule has 1 aromatic heterocycles. The molecule has 0 atom stereocenters. The van der Waals surface area contributed by atoms with E-state index in [-0.39, 0.29) is 0 Å². The summed E-state index contributed by atoms with van der Waals surface area (Å²) in [5.41, 5.74) is 1.19. The average molecular weight is 149 g/mol. The van der Waals surface area contributed by atoms with Crippen LogP contribution in [0.5, 0.6) is 0 Å². The van der Waals surface area contributed by atoms with Crippen LogP contribution in [0, 0.1) is 0 Å². The highest BCUT2D eigenvalue weighted by Crippen LogP contribution is 2.23. The van der Waals surface area contributed by atoms with Crippen LogP contribution in [0.4, 0.5) is 11.5 Å². The molecule has 1 aliphatic rings. The quantitative estimate of drug-likeness (QED) is 0.595. The summed E-state index contributed by atoms with van der Waals surface area (Å²) in [6, 6.07) is 4.04. The second-order valence-corrected chi connectivity index (χ2v) is 2.72. The average Bonchev–Trinajstić information content (AvgIpc) is 2.06. The molecule has 3 nitrogen and oxygen atoms in total. The molecule has 1 aromatic rings. The van der Waals surface area contributed by atoms with Gasteiger partial charge in [-0.15, -0.1) is 0 Å². The van der Waals surface area contributed by atoms with Gasteiger partial charge >= 0.3 is 0 Å². The van der Waals surface area contributed by atoms with Gasteiger partial charge < -0.3 is 10.2 Å². The standard InChI is InChI=1S/C8H11N3/c1-11-6-5-10-8-7(11)3-2-4-9-8/h2-4H,5-6H2,1H3,(H,9,10). The smallest absolute Gasteiger partial charge is 0.149 e. The summed E-state index contributed by atoms with van der Waals surface area (Å²) in [5.74, 6) is 1.00. The first-order valence-corrected chi connectivity index (χ1v) is 3.78. The predicted molar refractivity (Wildman–Crippen MR) is 46.0 cm³/mol. The van der Waals surface area contributed by atoms with Gasteiger partial charge in [-0.3, -0.25) is 0 Å². The van der Waals surface area contributed by atoms with Gasteiger partial charge in [0.15, 0.2) is 0 Å². The zero-order valence-electron chi connectivity index (χ0n) is 6.54. The molecule has 0 aromatic carbocycles. The molecular weight excluding hydrogens is 138 g/mol. The number of nitrogens with zero attached hydrogens (tertiary/aromatic N) is 2. The number of aromatic nitrogens is 1. The lowest BCUT2D eigenvalue weighted by molar-refractivity contribution is 0.874. The van der Waals surface area contributed by atoms with Crippen molar-refractivity contribution in [1.29, 1.82) is 0 Å². The molecule has 3 heteroatoms. The highest BCUT2D eigenvalue weighted by molar-refractivity contribution is 5.67. The summed E-state index contributed by atoms with van der Waals surface area (Å²) < 4.78 is 0. The fourth-order valence-electron chi connectivity index (χ4n) is 1.30. The Morgan fingerprint density at radius 1 is 1.64 bits per heavy atom. The van der Waals surface area contributed by atoms with Crippen LogP contribution in [-0.2, 0) is 0 Å². The van der Waals surface area contributed by atoms with Crippen LogP contribution in [0.2, 0.25) is 0 Å². The van der Waals surface area contributed by atoms with E-state index >= 15 is 0 Å². The SMILES string of the molecule is CN1CCNc2ncccc21. The minimum atomic E-state index is 0.987. The van der Waals surface area contributed by atoms with Crippen LogP contribution in [0.1, 0.15) is 0 Å². The van der Waals surface area contributed by atoms with Gasteiger partial charge in [0, 0.05) is 26.3 Å². The minimum Gasteiger partial charge on any atom is -0.370 e. The van der Waals surface area contributed by atoms with E-state index in [1.165, 1.54) is 5.69 Å². The third-order valence-corrected chi connectivity index (χ3v) is 1.94. The molecule has 11 heavy (non-hydrogen) atoms. The lowest BCUT2D eigenvalue weighted by Gasteiger charge is -2.27. The Balaban J connectivity index is 2.44. The molecule has 0 radical (unpaired) electrons. The number of nitrogens with one attached hydrogen (secondary N) is 1. The first-order chi connectivity index (χ1) is 5.38. The molecule has 0 spiro atoms. The zero-order valence-corrected chi connectivity index (χ0v) is 6.54. The van der Waals surface area contributed by atoms with Gasteiger partial charge in [-0.05, 0) is 12.1 Å². The number of anilines is 2. The number of likely N-dealkylation sites (N-methyl/N-ethyl adjacent to an activating group) is 1. The lowest BCUT2D eigenvalue weighted by atomic mass is 10.3. The minimum absolute atomic E-state index is 0.987. The van der Waals surface area contributed by atoms with Crippen LogP contribution in [0.25, 0.3) is 0 Å². The van der Waals surface area contributed by atoms with E-state index < -0.39 is 0 Å². The van der Waals surface area contributed by atoms with Crippen LogP contribution in [-0.4, -0.2) is 25.1 Å². The lowest BCUT2D eigenvalue weighted by Crippen LogP contribution is -2.30. The Hall–Kier alpha value is -1.25. The molecule has 0 fully saturated rings. The first kappa shape index (κ1) is 6.46. The number of fused-ring (bicyclic) bond motifs is 1. The Morgan fingerprint density at radius 3 is 3.36 bits per heavy atom. The molecule has 0 amide bonds. The molecule has 1 aliphatic heterocycles. The van der Waals surface area contributed by atoms with E-state index in [4.69, 9.17) is 0 Å². The summed E-state index contributed by atoms with van der Waals surface area (Å²) in [5, 5.41) is 3.24. The molecule has 0 bridgehead atoms. The molecule has 0 saturated carbocycles. The predicted octanol–water partition coefficient (Wildman–Crippen LogP) is 0.943. The third kappa shape index (κ3) is 1.02. The molecule has 1 N–H and O–H groups in total. The topological polar surface area (TPSA) is 28.2 Å². The van der Waals surface area contributed by atoms with Crippen molar-refractivity contribution in [2.24, 2.45) is 0 Å². The fraction of sp³-hybridized carbons (Fsp3) is 0.375. The Labute approximate surface area is 66.0 Å². The van der Waals surface area contributed by atoms with Gasteiger partial charge in [0.1, 0.15) is 5.82 Å². The van der Waals surface area contributed by atoms with E-state index in [1.807, 2.05) is 12.3 Å². The van der Waals surface area contributed by atoms with Crippen LogP contribution in [0.15, 0.2) is 18.3 Å². The van der Waals surface area contributed by atoms with Gasteiger partial charge in [-0.2, -0.15) is 0 Å². The fourth-order valence-corrected chi connectivity index (χ4v) is 1.30. The second-order valence-electron chi connectivity index (χ2n) is 2.72. The summed E-state index contributed by atoms with van der Waals surface area (Å²) in [6.07, 6.45) is 1.81. The van der Waals surface area contributed by atoms with Crippen LogP contribution < -0.4 is 10.2 Å². The maximum absolute atomic E-state index is 4.22. The summed E-state index contributed by atoms with van der Waals surface area (Å²) in [6.45, 7) is 2.04. The monoisotopic (exact) mass is 149 g/mol. The number of rotatable bonds is 0. The van der Waals surface area contributed by atoms with Gasteiger partial charge in [-0.25, -0.2) is 4.98 Å². The molecule has 0 unspecified atom stereocenters. The Kier molecular flexibility index (Phi) is 1.42. The molecule has 0 saturated heterocycles. The van der Waals surface area contributed by atoms with Crippen molar-refractivity contribution in [3.8, 4) is 0 Å². The van der Waals surface area contributed by atoms with E-state index in [2.05, 4.69) is 28.3 Å². The first-order valence-electron chi connectivity index (χ1n) is 3.78. The van der Waals surface area contributed by atoms with Gasteiger partial charge in [0.25, 0.3) is 0 Å². The number of hydrogen-bond acceptors (Lipinski definition) is 3. The van der Waals surface area contributed by atoms with Crippen molar-refractivity contribution in [2.75, 3.05) is 30.4 Å². The van der Waals surface area contributed by atoms with E-state index in [0.29, 0.717) is 0 Å². The summed E-state index contributed by atoms with van der Waals surface area (Å²) in [4.78, 5) is 6.42. The van der Waals surface area contributed by atoms with Crippen LogP contribution in [0.3, 0.4) is 0 Å². The van der Waals surface area contributed by atoms with Gasteiger partial charge in [0.2, 0.25) is 0 Å². The van der Waals surface area contributed by atoms with Crippen molar-refractivity contribution in [3.05, 3.63) is 18.3 Å². The van der Waals surface area contributed by atoms with Crippen molar-refractivity contribution in [2.45, 2.75) is 0 Å². The molecule has 2 heterocycles. The summed E-state index contributed by atoms with van der Waals surface area (Å²) >= 11 is 0. The van der Waals surface area contributed by atoms with Crippen molar-refractivity contribution >= 4 is 11.5 Å².